The first-order chi connectivity index (χ1) is 10.2. The first kappa shape index (κ1) is 16.0. The molecule has 0 aliphatic rings. The average Bonchev–Trinajstić information content (AvgIpc) is 2.44. The van der Waals surface area contributed by atoms with E-state index in [2.05, 4.69) is 9.49 Å². The number of nitrogens with zero attached hydrogens (tertiary/aromatic N) is 1. The summed E-state index contributed by atoms with van der Waals surface area (Å²) in [5, 5.41) is 0.235. The molecule has 0 bridgehead atoms. The van der Waals surface area contributed by atoms with Crippen LogP contribution in [0, 0.1) is 0 Å². The fourth-order valence-corrected chi connectivity index (χ4v) is 1.73. The van der Waals surface area contributed by atoms with Gasteiger partial charge in [0.1, 0.15) is 0 Å². The number of alkyl halides is 3. The average molecular weight is 321 g/mol. The van der Waals surface area contributed by atoms with Crippen LogP contribution in [0.3, 0.4) is 0 Å². The second-order valence-electron chi connectivity index (χ2n) is 4.34. The van der Waals surface area contributed by atoms with Gasteiger partial charge >= 0.3 is 18.9 Å². The zero-order valence-electron chi connectivity index (χ0n) is 11.1. The number of rotatable bonds is 3. The molecule has 0 spiro atoms. The third kappa shape index (κ3) is 2.95. The Morgan fingerprint density at radius 2 is 1.91 bits per heavy atom. The molecule has 1 aromatic heterocycles. The Balaban J connectivity index is 2.46. The van der Waals surface area contributed by atoms with Crippen LogP contribution in [-0.2, 0) is 4.74 Å². The van der Waals surface area contributed by atoms with Gasteiger partial charge in [-0.2, -0.15) is 0 Å². The molecule has 0 amide bonds. The number of fused-ring (bicyclic) bond motifs is 1. The van der Waals surface area contributed by atoms with Crippen LogP contribution in [-0.4, -0.2) is 26.1 Å². The second kappa shape index (κ2) is 5.43. The highest BCUT2D eigenvalue weighted by Gasteiger charge is 2.60. The van der Waals surface area contributed by atoms with Gasteiger partial charge in [-0.3, -0.25) is 0 Å². The summed E-state index contributed by atoms with van der Waals surface area (Å²) in [5.41, 5.74) is 0.0711. The van der Waals surface area contributed by atoms with E-state index in [1.54, 1.807) is 0 Å². The number of benzene rings is 1. The third-order valence-electron chi connectivity index (χ3n) is 2.81. The minimum atomic E-state index is -6.07. The molecule has 1 aromatic carbocycles. The molecule has 0 aliphatic heterocycles. The van der Waals surface area contributed by atoms with Crippen LogP contribution in [0.15, 0.2) is 36.5 Å². The van der Waals surface area contributed by atoms with Gasteiger partial charge in [0.2, 0.25) is 6.20 Å². The highest BCUT2D eigenvalue weighted by molar-refractivity contribution is 6.61. The number of halogens is 5. The molecule has 0 fully saturated rings. The monoisotopic (exact) mass is 321 g/mol. The fraction of sp³-hybridized carbons (Fsp3) is 0.167. The summed E-state index contributed by atoms with van der Waals surface area (Å²) in [4.78, 5) is 11.4. The normalized spacial score (nSPS) is 12.3. The van der Waals surface area contributed by atoms with Gasteiger partial charge < -0.3 is 18.1 Å². The number of hydrogen-bond acceptors (Lipinski definition) is 3. The van der Waals surface area contributed by atoms with Crippen molar-refractivity contribution in [3.63, 3.8) is 0 Å². The maximum Gasteiger partial charge on any atom is 0.658 e. The summed E-state index contributed by atoms with van der Waals surface area (Å²) in [5.74, 6) is -0.664. The Kier molecular flexibility index (Phi) is 3.95. The highest BCUT2D eigenvalue weighted by Crippen LogP contribution is 2.29. The van der Waals surface area contributed by atoms with Crippen molar-refractivity contribution in [3.05, 3.63) is 42.1 Å². The van der Waals surface area contributed by atoms with Gasteiger partial charge in [-0.15, -0.1) is 0 Å². The minimum absolute atomic E-state index is 0.0547. The van der Waals surface area contributed by atoms with Crippen molar-refractivity contribution in [1.82, 2.24) is 0 Å². The van der Waals surface area contributed by atoms with Crippen molar-refractivity contribution in [1.29, 1.82) is 0 Å². The van der Waals surface area contributed by atoms with Crippen LogP contribution in [0.5, 0.6) is 0 Å². The lowest BCUT2D eigenvalue weighted by Gasteiger charge is -2.23. The molecule has 0 saturated carbocycles. The van der Waals surface area contributed by atoms with Crippen LogP contribution in [0.4, 0.5) is 21.8 Å². The number of aromatic nitrogens is 1. The van der Waals surface area contributed by atoms with Crippen molar-refractivity contribution in [2.45, 2.75) is 6.08 Å². The molecular formula is C12H9BF5NO3. The van der Waals surface area contributed by atoms with Crippen molar-refractivity contribution >= 4 is 23.8 Å². The molecule has 22 heavy (non-hydrogen) atoms. The first-order valence-electron chi connectivity index (χ1n) is 5.95. The van der Waals surface area contributed by atoms with Crippen LogP contribution >= 0.6 is 0 Å². The minimum Gasteiger partial charge on any atom is -0.465 e. The van der Waals surface area contributed by atoms with E-state index in [1.165, 1.54) is 30.3 Å². The lowest BCUT2D eigenvalue weighted by molar-refractivity contribution is -0.847. The van der Waals surface area contributed by atoms with Crippen molar-refractivity contribution in [3.8, 4) is 0 Å². The maximum atomic E-state index is 13.0. The number of pyridine rings is 1. The summed E-state index contributed by atoms with van der Waals surface area (Å²) in [7, 11) is 1.16. The topological polar surface area (TPSA) is 39.4 Å². The molecule has 1 heterocycles. The van der Waals surface area contributed by atoms with Crippen LogP contribution in [0.1, 0.15) is 10.4 Å². The number of esters is 1. The van der Waals surface area contributed by atoms with Crippen molar-refractivity contribution < 1.29 is 40.8 Å². The van der Waals surface area contributed by atoms with E-state index in [9.17, 15) is 26.6 Å². The summed E-state index contributed by atoms with van der Waals surface area (Å²) in [6.45, 7) is -6.07. The standard InChI is InChI=1S/C12H9BF5NO3/c1-21-11(20)9-4-5-10-8(7-9)3-2-6-19(10)22-13(17,18)12(14,15)16/h2-7H,1H3. The van der Waals surface area contributed by atoms with Crippen LogP contribution in [0.2, 0.25) is 0 Å². The Morgan fingerprint density at radius 3 is 2.50 bits per heavy atom. The smallest absolute Gasteiger partial charge is 0.465 e. The van der Waals surface area contributed by atoms with E-state index in [0.29, 0.717) is 4.73 Å². The molecule has 2 rings (SSSR count). The fourth-order valence-electron chi connectivity index (χ4n) is 1.73. The highest BCUT2D eigenvalue weighted by atomic mass is 19.4. The Morgan fingerprint density at radius 1 is 1.23 bits per heavy atom. The van der Waals surface area contributed by atoms with Gasteiger partial charge in [0, 0.05) is 12.1 Å². The third-order valence-corrected chi connectivity index (χ3v) is 2.81. The molecule has 0 N–H and O–H groups in total. The molecule has 118 valence electrons. The van der Waals surface area contributed by atoms with E-state index in [-0.39, 0.29) is 16.5 Å². The summed E-state index contributed by atoms with van der Waals surface area (Å²) in [6, 6.07) is 6.35. The Labute approximate surface area is 121 Å². The zero-order valence-corrected chi connectivity index (χ0v) is 11.1. The molecule has 0 radical (unpaired) electrons. The van der Waals surface area contributed by atoms with Gasteiger partial charge in [0.15, 0.2) is 0 Å². The molecule has 2 aromatic rings. The quantitative estimate of drug-likeness (QED) is 0.377. The van der Waals surface area contributed by atoms with Crippen LogP contribution < -0.4 is 9.49 Å². The zero-order chi connectivity index (χ0) is 16.5. The van der Waals surface area contributed by atoms with Crippen LogP contribution in [0.25, 0.3) is 10.9 Å². The molecule has 0 saturated heterocycles. The first-order valence-corrected chi connectivity index (χ1v) is 5.95. The van der Waals surface area contributed by atoms with Gasteiger partial charge in [0.25, 0.3) is 5.52 Å². The van der Waals surface area contributed by atoms with Crippen molar-refractivity contribution in [2.75, 3.05) is 7.11 Å². The Bertz CT molecular complexity index is 719. The molecular weight excluding hydrogens is 312 g/mol. The second-order valence-corrected chi connectivity index (χ2v) is 4.34. The maximum absolute atomic E-state index is 13.0. The lowest BCUT2D eigenvalue weighted by Crippen LogP contribution is -2.62. The van der Waals surface area contributed by atoms with E-state index in [4.69, 9.17) is 0 Å². The van der Waals surface area contributed by atoms with E-state index >= 15 is 0 Å². The summed E-state index contributed by atoms with van der Waals surface area (Å²) >= 11 is 0. The molecule has 10 heteroatoms. The van der Waals surface area contributed by atoms with Gasteiger partial charge in [-0.25, -0.2) is 18.0 Å². The molecule has 0 atom stereocenters. The predicted molar refractivity (Wildman–Crippen MR) is 66.1 cm³/mol. The molecule has 0 aliphatic carbocycles. The number of hydrogen-bond donors (Lipinski definition) is 0. The molecule has 4 nitrogen and oxygen atoms in total. The van der Waals surface area contributed by atoms with Gasteiger partial charge in [-0.1, -0.05) is 0 Å². The van der Waals surface area contributed by atoms with Gasteiger partial charge in [-0.05, 0) is 22.9 Å². The number of ether oxygens (including phenoxy) is 1. The summed E-state index contributed by atoms with van der Waals surface area (Å²) < 4.78 is 71.3. The van der Waals surface area contributed by atoms with E-state index < -0.39 is 18.9 Å². The largest absolute Gasteiger partial charge is 0.658 e. The van der Waals surface area contributed by atoms with E-state index in [1.807, 2.05) is 0 Å². The van der Waals surface area contributed by atoms with E-state index in [0.717, 1.165) is 13.3 Å². The summed E-state index contributed by atoms with van der Waals surface area (Å²) in [6.07, 6.45) is -4.87. The van der Waals surface area contributed by atoms with Crippen molar-refractivity contribution in [2.24, 2.45) is 0 Å². The van der Waals surface area contributed by atoms with Gasteiger partial charge in [0.05, 0.1) is 18.1 Å². The molecule has 0 unspecified atom stereocenters. The number of methoxy groups -OCH3 is 1. The predicted octanol–water partition coefficient (Wildman–Crippen LogP) is 2.32. The Hall–Kier alpha value is -2.39. The number of carbonyl (C=O) groups is 1. The lowest BCUT2D eigenvalue weighted by atomic mass is 9.87. The SMILES string of the molecule is COC(=O)c1ccc2c(ccc[n+]2O[B-](F)(F)C(F)(F)F)c1. The number of carbonyl (C=O) groups excluding carboxylic acids is 1.